The molecular weight excluding hydrogens is 202 g/mol. The van der Waals surface area contributed by atoms with Crippen LogP contribution in [0.2, 0.25) is 0 Å². The lowest BCUT2D eigenvalue weighted by Gasteiger charge is -2.12. The Hall–Kier alpha value is -0.130. The minimum Gasteiger partial charge on any atom is -0.314 e. The van der Waals surface area contributed by atoms with Crippen molar-refractivity contribution in [2.75, 3.05) is 12.3 Å². The summed E-state index contributed by atoms with van der Waals surface area (Å²) in [5, 5.41) is 3.21. The van der Waals surface area contributed by atoms with Gasteiger partial charge in [0.2, 0.25) is 0 Å². The smallest absolute Gasteiger partial charge is 0.264 e. The number of unbranched alkanes of at least 4 members (excludes halogenated alkanes) is 2. The fourth-order valence-corrected chi connectivity index (χ4v) is 1.80. The maximum Gasteiger partial charge on any atom is 0.264 e. The van der Waals surface area contributed by atoms with Crippen molar-refractivity contribution >= 4 is 10.1 Å². The summed E-state index contributed by atoms with van der Waals surface area (Å²) >= 11 is 0. The molecule has 0 unspecified atom stereocenters. The Morgan fingerprint density at radius 2 is 2.00 bits per heavy atom. The molecule has 0 amide bonds. The first-order valence-corrected chi connectivity index (χ1v) is 6.75. The maximum atomic E-state index is 10.4. The predicted molar refractivity (Wildman–Crippen MR) is 58.0 cm³/mol. The van der Waals surface area contributed by atoms with E-state index in [9.17, 15) is 8.42 Å². The highest BCUT2D eigenvalue weighted by atomic mass is 32.2. The van der Waals surface area contributed by atoms with Gasteiger partial charge in [-0.2, -0.15) is 8.42 Å². The van der Waals surface area contributed by atoms with Gasteiger partial charge in [0.15, 0.2) is 0 Å². The SMILES string of the molecule is CCCCCN[C@@H](C)CCS(=O)(=O)O. The lowest BCUT2D eigenvalue weighted by molar-refractivity contribution is 0.466. The van der Waals surface area contributed by atoms with Crippen LogP contribution in [-0.4, -0.2) is 31.3 Å². The van der Waals surface area contributed by atoms with Crippen LogP contribution in [0.25, 0.3) is 0 Å². The Bertz CT molecular complexity index is 226. The molecule has 1 atom stereocenters. The van der Waals surface area contributed by atoms with Gasteiger partial charge in [-0.1, -0.05) is 19.8 Å². The third kappa shape index (κ3) is 9.95. The van der Waals surface area contributed by atoms with E-state index in [0.29, 0.717) is 6.42 Å². The number of nitrogens with one attached hydrogen (secondary N) is 1. The molecule has 0 saturated heterocycles. The highest BCUT2D eigenvalue weighted by Gasteiger charge is 2.08. The van der Waals surface area contributed by atoms with E-state index in [-0.39, 0.29) is 11.8 Å². The van der Waals surface area contributed by atoms with E-state index < -0.39 is 10.1 Å². The summed E-state index contributed by atoms with van der Waals surface area (Å²) in [5.41, 5.74) is 0. The van der Waals surface area contributed by atoms with Gasteiger partial charge in [0, 0.05) is 6.04 Å². The van der Waals surface area contributed by atoms with Crippen LogP contribution in [0.3, 0.4) is 0 Å². The van der Waals surface area contributed by atoms with E-state index in [1.807, 2.05) is 6.92 Å². The number of rotatable bonds is 8. The van der Waals surface area contributed by atoms with Gasteiger partial charge in [0.25, 0.3) is 10.1 Å². The Balaban J connectivity index is 3.42. The largest absolute Gasteiger partial charge is 0.314 e. The topological polar surface area (TPSA) is 66.4 Å². The van der Waals surface area contributed by atoms with E-state index in [1.54, 1.807) is 0 Å². The molecule has 0 bridgehead atoms. The average Bonchev–Trinajstić information content (AvgIpc) is 2.08. The summed E-state index contributed by atoms with van der Waals surface area (Å²) in [6.07, 6.45) is 3.96. The Morgan fingerprint density at radius 1 is 1.36 bits per heavy atom. The van der Waals surface area contributed by atoms with Crippen molar-refractivity contribution in [1.82, 2.24) is 5.32 Å². The molecule has 0 radical (unpaired) electrons. The van der Waals surface area contributed by atoms with Gasteiger partial charge >= 0.3 is 0 Å². The second-order valence-electron chi connectivity index (χ2n) is 3.64. The van der Waals surface area contributed by atoms with Crippen LogP contribution in [0, 0.1) is 0 Å². The van der Waals surface area contributed by atoms with Crippen LogP contribution in [-0.2, 0) is 10.1 Å². The molecule has 86 valence electrons. The first-order valence-electron chi connectivity index (χ1n) is 5.14. The molecule has 0 aliphatic heterocycles. The van der Waals surface area contributed by atoms with E-state index in [4.69, 9.17) is 4.55 Å². The average molecular weight is 223 g/mol. The Morgan fingerprint density at radius 3 is 2.50 bits per heavy atom. The van der Waals surface area contributed by atoms with E-state index in [0.717, 1.165) is 13.0 Å². The van der Waals surface area contributed by atoms with Gasteiger partial charge in [-0.15, -0.1) is 0 Å². The summed E-state index contributed by atoms with van der Waals surface area (Å²) in [4.78, 5) is 0. The van der Waals surface area contributed by atoms with Crippen molar-refractivity contribution in [3.8, 4) is 0 Å². The van der Waals surface area contributed by atoms with Crippen molar-refractivity contribution < 1.29 is 13.0 Å². The third-order valence-corrected chi connectivity index (χ3v) is 2.83. The van der Waals surface area contributed by atoms with Gasteiger partial charge in [0.05, 0.1) is 5.75 Å². The Labute approximate surface area is 86.8 Å². The van der Waals surface area contributed by atoms with Crippen LogP contribution in [0.1, 0.15) is 39.5 Å². The lowest BCUT2D eigenvalue weighted by Crippen LogP contribution is -2.29. The lowest BCUT2D eigenvalue weighted by atomic mass is 10.2. The molecule has 0 aromatic carbocycles. The zero-order valence-corrected chi connectivity index (χ0v) is 9.81. The van der Waals surface area contributed by atoms with Crippen molar-refractivity contribution in [2.24, 2.45) is 0 Å². The number of hydrogen-bond acceptors (Lipinski definition) is 3. The standard InChI is InChI=1S/C9H21NO3S/c1-3-4-5-7-10-9(2)6-8-14(11,12)13/h9-10H,3-8H2,1-2H3,(H,11,12,13)/t9-/m0/s1. The van der Waals surface area contributed by atoms with Crippen LogP contribution in [0.5, 0.6) is 0 Å². The van der Waals surface area contributed by atoms with Crippen LogP contribution in [0.4, 0.5) is 0 Å². The van der Waals surface area contributed by atoms with Gasteiger partial charge in [0.1, 0.15) is 0 Å². The van der Waals surface area contributed by atoms with Crippen molar-refractivity contribution in [1.29, 1.82) is 0 Å². The molecule has 0 aromatic rings. The third-order valence-electron chi connectivity index (χ3n) is 2.08. The first-order chi connectivity index (χ1) is 6.45. The molecule has 4 nitrogen and oxygen atoms in total. The van der Waals surface area contributed by atoms with Crippen LogP contribution in [0.15, 0.2) is 0 Å². The summed E-state index contributed by atoms with van der Waals surface area (Å²) < 4.78 is 29.4. The fourth-order valence-electron chi connectivity index (χ4n) is 1.15. The monoisotopic (exact) mass is 223 g/mol. The molecule has 0 heterocycles. The molecule has 0 rings (SSSR count). The zero-order chi connectivity index (χ0) is 11.0. The summed E-state index contributed by atoms with van der Waals surface area (Å²) in [6, 6.07) is 0.147. The molecule has 0 fully saturated rings. The summed E-state index contributed by atoms with van der Waals surface area (Å²) in [6.45, 7) is 4.99. The highest BCUT2D eigenvalue weighted by Crippen LogP contribution is 1.97. The normalized spacial score (nSPS) is 14.2. The summed E-state index contributed by atoms with van der Waals surface area (Å²) in [5.74, 6) is -0.158. The first kappa shape index (κ1) is 13.9. The van der Waals surface area contributed by atoms with E-state index >= 15 is 0 Å². The predicted octanol–water partition coefficient (Wildman–Crippen LogP) is 1.43. The van der Waals surface area contributed by atoms with Gasteiger partial charge < -0.3 is 5.32 Å². The fraction of sp³-hybridized carbons (Fsp3) is 1.00. The van der Waals surface area contributed by atoms with Gasteiger partial charge in [-0.05, 0) is 26.3 Å². The minimum atomic E-state index is -3.79. The van der Waals surface area contributed by atoms with Crippen LogP contribution >= 0.6 is 0 Å². The quantitative estimate of drug-likeness (QED) is 0.482. The molecule has 0 aliphatic carbocycles. The van der Waals surface area contributed by atoms with Gasteiger partial charge in [-0.3, -0.25) is 4.55 Å². The van der Waals surface area contributed by atoms with Crippen molar-refractivity contribution in [3.63, 3.8) is 0 Å². The molecule has 0 spiro atoms. The summed E-state index contributed by atoms with van der Waals surface area (Å²) in [7, 11) is -3.79. The van der Waals surface area contributed by atoms with Crippen LogP contribution < -0.4 is 5.32 Å². The molecule has 2 N–H and O–H groups in total. The van der Waals surface area contributed by atoms with E-state index in [1.165, 1.54) is 12.8 Å². The molecule has 0 saturated carbocycles. The maximum absolute atomic E-state index is 10.4. The molecular formula is C9H21NO3S. The Kier molecular flexibility index (Phi) is 7.13. The molecule has 14 heavy (non-hydrogen) atoms. The van der Waals surface area contributed by atoms with Gasteiger partial charge in [-0.25, -0.2) is 0 Å². The second kappa shape index (κ2) is 7.20. The van der Waals surface area contributed by atoms with Crippen molar-refractivity contribution in [2.45, 2.75) is 45.6 Å². The second-order valence-corrected chi connectivity index (χ2v) is 5.21. The minimum absolute atomic E-state index is 0.147. The molecule has 5 heteroatoms. The highest BCUT2D eigenvalue weighted by molar-refractivity contribution is 7.85. The molecule has 0 aliphatic rings. The molecule has 0 aromatic heterocycles. The number of hydrogen-bond donors (Lipinski definition) is 2. The van der Waals surface area contributed by atoms with Crippen molar-refractivity contribution in [3.05, 3.63) is 0 Å². The zero-order valence-electron chi connectivity index (χ0n) is 8.99. The van der Waals surface area contributed by atoms with E-state index in [2.05, 4.69) is 12.2 Å².